The van der Waals surface area contributed by atoms with E-state index in [-0.39, 0.29) is 17.1 Å². The summed E-state index contributed by atoms with van der Waals surface area (Å²) in [5, 5.41) is 5.71. The fourth-order valence-corrected chi connectivity index (χ4v) is 3.93. The van der Waals surface area contributed by atoms with Crippen LogP contribution in [0.25, 0.3) is 0 Å². The predicted molar refractivity (Wildman–Crippen MR) is 117 cm³/mol. The minimum Gasteiger partial charge on any atom is -0.326 e. The van der Waals surface area contributed by atoms with Gasteiger partial charge >= 0.3 is 0 Å². The molecule has 3 aromatic carbocycles. The van der Waals surface area contributed by atoms with E-state index in [1.807, 2.05) is 36.4 Å². The van der Waals surface area contributed by atoms with E-state index in [1.165, 1.54) is 18.1 Å². The third kappa shape index (κ3) is 5.72. The van der Waals surface area contributed by atoms with Crippen LogP contribution in [-0.2, 0) is 9.59 Å². The number of thioether (sulfide) groups is 1. The Morgan fingerprint density at radius 1 is 0.750 bits per heavy atom. The largest absolute Gasteiger partial charge is 0.326 e. The molecular weight excluding hydrogens is 368 g/mol. The van der Waals surface area contributed by atoms with Crippen LogP contribution in [0, 0.1) is 0 Å². The smallest absolute Gasteiger partial charge is 0.234 e. The Labute approximate surface area is 169 Å². The molecule has 0 saturated heterocycles. The molecule has 4 nitrogen and oxygen atoms in total. The maximum absolute atomic E-state index is 12.4. The van der Waals surface area contributed by atoms with Gasteiger partial charge in [0.05, 0.1) is 11.0 Å². The lowest BCUT2D eigenvalue weighted by Crippen LogP contribution is -2.15. The van der Waals surface area contributed by atoms with Gasteiger partial charge in [-0.05, 0) is 35.4 Å². The molecule has 0 heterocycles. The Hall–Kier alpha value is -3.05. The van der Waals surface area contributed by atoms with Gasteiger partial charge in [0, 0.05) is 18.3 Å². The molecule has 3 aromatic rings. The highest BCUT2D eigenvalue weighted by atomic mass is 32.2. The van der Waals surface area contributed by atoms with E-state index < -0.39 is 0 Å². The molecule has 2 amide bonds. The van der Waals surface area contributed by atoms with E-state index >= 15 is 0 Å². The van der Waals surface area contributed by atoms with Crippen molar-refractivity contribution in [2.24, 2.45) is 0 Å². The zero-order valence-electron chi connectivity index (χ0n) is 15.6. The van der Waals surface area contributed by atoms with Crippen molar-refractivity contribution >= 4 is 35.0 Å². The molecule has 0 aliphatic rings. The van der Waals surface area contributed by atoms with Gasteiger partial charge in [0.2, 0.25) is 11.8 Å². The number of hydrogen-bond acceptors (Lipinski definition) is 3. The molecule has 142 valence electrons. The van der Waals surface area contributed by atoms with Crippen LogP contribution in [0.2, 0.25) is 0 Å². The second-order valence-corrected chi connectivity index (χ2v) is 7.41. The lowest BCUT2D eigenvalue weighted by Gasteiger charge is -2.17. The lowest BCUT2D eigenvalue weighted by molar-refractivity contribution is -0.114. The first-order valence-corrected chi connectivity index (χ1v) is 10.1. The summed E-state index contributed by atoms with van der Waals surface area (Å²) >= 11 is 1.60. The van der Waals surface area contributed by atoms with Crippen LogP contribution in [0.4, 0.5) is 11.4 Å². The van der Waals surface area contributed by atoms with Crippen molar-refractivity contribution in [2.75, 3.05) is 16.4 Å². The number of hydrogen-bond donors (Lipinski definition) is 2. The van der Waals surface area contributed by atoms with Gasteiger partial charge in [0.25, 0.3) is 0 Å². The molecule has 0 saturated carbocycles. The number of rotatable bonds is 7. The summed E-state index contributed by atoms with van der Waals surface area (Å²) in [4.78, 5) is 23.5. The normalized spacial score (nSPS) is 10.5. The van der Waals surface area contributed by atoms with Gasteiger partial charge in [-0.3, -0.25) is 9.59 Å². The standard InChI is InChI=1S/C23H22N2O2S/c1-17(26)24-20-12-14-21(15-13-20)25-22(27)16-28-23(18-8-4-2-5-9-18)19-10-6-3-7-11-19/h2-15,23H,16H2,1H3,(H,24,26)(H,25,27). The summed E-state index contributed by atoms with van der Waals surface area (Å²) in [7, 11) is 0. The van der Waals surface area contributed by atoms with Crippen LogP contribution in [0.1, 0.15) is 23.3 Å². The molecule has 0 radical (unpaired) electrons. The molecule has 2 N–H and O–H groups in total. The lowest BCUT2D eigenvalue weighted by atomic mass is 10.0. The van der Waals surface area contributed by atoms with Crippen LogP contribution in [0.3, 0.4) is 0 Å². The van der Waals surface area contributed by atoms with Crippen molar-refractivity contribution in [3.8, 4) is 0 Å². The summed E-state index contributed by atoms with van der Waals surface area (Å²) in [5.74, 6) is 0.150. The monoisotopic (exact) mass is 390 g/mol. The minimum atomic E-state index is -0.124. The molecule has 0 atom stereocenters. The first kappa shape index (κ1) is 19.7. The molecule has 3 rings (SSSR count). The number of nitrogens with one attached hydrogen (secondary N) is 2. The maximum Gasteiger partial charge on any atom is 0.234 e. The molecule has 5 heteroatoms. The minimum absolute atomic E-state index is 0.0610. The third-order valence-corrected chi connectivity index (χ3v) is 5.38. The average Bonchev–Trinajstić information content (AvgIpc) is 2.71. The summed E-state index contributed by atoms with van der Waals surface area (Å²) in [5.41, 5.74) is 3.75. The molecule has 0 unspecified atom stereocenters. The SMILES string of the molecule is CC(=O)Nc1ccc(NC(=O)CSC(c2ccccc2)c2ccccc2)cc1. The Bertz CT molecular complexity index is 873. The first-order valence-electron chi connectivity index (χ1n) is 9.01. The molecule has 0 aliphatic carbocycles. The first-order chi connectivity index (χ1) is 13.6. The van der Waals surface area contributed by atoms with Gasteiger partial charge in [0.15, 0.2) is 0 Å². The van der Waals surface area contributed by atoms with Crippen LogP contribution < -0.4 is 10.6 Å². The molecule has 0 bridgehead atoms. The topological polar surface area (TPSA) is 58.2 Å². The molecular formula is C23H22N2O2S. The second-order valence-electron chi connectivity index (χ2n) is 6.32. The highest BCUT2D eigenvalue weighted by Crippen LogP contribution is 2.35. The maximum atomic E-state index is 12.4. The van der Waals surface area contributed by atoms with Crippen molar-refractivity contribution in [3.05, 3.63) is 96.1 Å². The van der Waals surface area contributed by atoms with E-state index in [2.05, 4.69) is 34.9 Å². The average molecular weight is 391 g/mol. The molecule has 0 spiro atoms. The highest BCUT2D eigenvalue weighted by Gasteiger charge is 2.16. The van der Waals surface area contributed by atoms with Gasteiger partial charge < -0.3 is 10.6 Å². The molecule has 0 aliphatic heterocycles. The fraction of sp³-hybridized carbons (Fsp3) is 0.130. The summed E-state index contributed by atoms with van der Waals surface area (Å²) in [6.07, 6.45) is 0. The van der Waals surface area contributed by atoms with Gasteiger partial charge in [-0.25, -0.2) is 0 Å². The van der Waals surface area contributed by atoms with Gasteiger partial charge in [-0.15, -0.1) is 11.8 Å². The number of anilines is 2. The van der Waals surface area contributed by atoms with Gasteiger partial charge in [0.1, 0.15) is 0 Å². The zero-order chi connectivity index (χ0) is 19.8. The van der Waals surface area contributed by atoms with E-state index in [0.717, 1.165) is 0 Å². The van der Waals surface area contributed by atoms with Crippen molar-refractivity contribution in [1.82, 2.24) is 0 Å². The van der Waals surface area contributed by atoms with E-state index in [4.69, 9.17) is 0 Å². The molecule has 0 aromatic heterocycles. The quantitative estimate of drug-likeness (QED) is 0.590. The number of carbonyl (C=O) groups excluding carboxylic acids is 2. The van der Waals surface area contributed by atoms with E-state index in [9.17, 15) is 9.59 Å². The second kappa shape index (κ2) is 9.76. The third-order valence-electron chi connectivity index (χ3n) is 4.07. The van der Waals surface area contributed by atoms with E-state index in [1.54, 1.807) is 36.0 Å². The zero-order valence-corrected chi connectivity index (χ0v) is 16.4. The number of benzene rings is 3. The van der Waals surface area contributed by atoms with Crippen LogP contribution in [0.15, 0.2) is 84.9 Å². The van der Waals surface area contributed by atoms with Crippen molar-refractivity contribution in [3.63, 3.8) is 0 Å². The van der Waals surface area contributed by atoms with Crippen molar-refractivity contribution in [2.45, 2.75) is 12.2 Å². The van der Waals surface area contributed by atoms with Crippen LogP contribution in [0.5, 0.6) is 0 Å². The highest BCUT2D eigenvalue weighted by molar-refractivity contribution is 8.00. The number of carbonyl (C=O) groups is 2. The van der Waals surface area contributed by atoms with Crippen molar-refractivity contribution in [1.29, 1.82) is 0 Å². The predicted octanol–water partition coefficient (Wildman–Crippen LogP) is 5.11. The Kier molecular flexibility index (Phi) is 6.87. The molecule has 28 heavy (non-hydrogen) atoms. The summed E-state index contributed by atoms with van der Waals surface area (Å²) in [6, 6.07) is 27.5. The van der Waals surface area contributed by atoms with Crippen LogP contribution >= 0.6 is 11.8 Å². The Morgan fingerprint density at radius 3 is 1.68 bits per heavy atom. The Balaban J connectivity index is 1.63. The van der Waals surface area contributed by atoms with Gasteiger partial charge in [-0.1, -0.05) is 60.7 Å². The Morgan fingerprint density at radius 2 is 1.21 bits per heavy atom. The summed E-state index contributed by atoms with van der Waals surface area (Å²) < 4.78 is 0. The fourth-order valence-electron chi connectivity index (χ4n) is 2.84. The number of amides is 2. The van der Waals surface area contributed by atoms with Crippen LogP contribution in [-0.4, -0.2) is 17.6 Å². The van der Waals surface area contributed by atoms with Gasteiger partial charge in [-0.2, -0.15) is 0 Å². The molecule has 0 fully saturated rings. The summed E-state index contributed by atoms with van der Waals surface area (Å²) in [6.45, 7) is 1.46. The van der Waals surface area contributed by atoms with Crippen molar-refractivity contribution < 1.29 is 9.59 Å². The van der Waals surface area contributed by atoms with E-state index in [0.29, 0.717) is 17.1 Å².